The maximum absolute atomic E-state index is 13.9. The first kappa shape index (κ1) is 38.8. The maximum atomic E-state index is 13.9. The van der Waals surface area contributed by atoms with Crippen LogP contribution in [0.15, 0.2) is 53.9 Å². The fourth-order valence-corrected chi connectivity index (χ4v) is 6.23. The van der Waals surface area contributed by atoms with Crippen molar-refractivity contribution >= 4 is 40.9 Å². The summed E-state index contributed by atoms with van der Waals surface area (Å²) in [5.41, 5.74) is 2.33. The van der Waals surface area contributed by atoms with E-state index in [1.54, 1.807) is 11.4 Å². The number of fused-ring (bicyclic) bond motifs is 2. The van der Waals surface area contributed by atoms with Crippen molar-refractivity contribution in [2.75, 3.05) is 26.8 Å². The first-order chi connectivity index (χ1) is 24.5. The minimum absolute atomic E-state index is 0.0219. The van der Waals surface area contributed by atoms with Crippen molar-refractivity contribution in [1.29, 1.82) is 0 Å². The van der Waals surface area contributed by atoms with Crippen molar-refractivity contribution in [2.24, 2.45) is 5.92 Å². The molecule has 13 nitrogen and oxygen atoms in total. The summed E-state index contributed by atoms with van der Waals surface area (Å²) in [6.07, 6.45) is 1.87. The van der Waals surface area contributed by atoms with E-state index in [0.29, 0.717) is 43.0 Å². The molecule has 1 aliphatic rings. The Morgan fingerprint density at radius 1 is 1.00 bits per heavy atom. The molecule has 14 heteroatoms. The van der Waals surface area contributed by atoms with E-state index in [0.717, 1.165) is 16.1 Å². The van der Waals surface area contributed by atoms with Crippen LogP contribution in [0.5, 0.6) is 11.5 Å². The van der Waals surface area contributed by atoms with Crippen molar-refractivity contribution < 1.29 is 33.4 Å². The van der Waals surface area contributed by atoms with E-state index in [4.69, 9.17) is 9.47 Å². The summed E-state index contributed by atoms with van der Waals surface area (Å²) in [4.78, 5) is 71.2. The molecule has 274 valence electrons. The van der Waals surface area contributed by atoms with Gasteiger partial charge in [-0.2, -0.15) is 0 Å². The van der Waals surface area contributed by atoms with Gasteiger partial charge in [0.25, 0.3) is 5.91 Å². The van der Waals surface area contributed by atoms with Gasteiger partial charge in [-0.3, -0.25) is 24.0 Å². The highest BCUT2D eigenvalue weighted by Crippen LogP contribution is 2.28. The van der Waals surface area contributed by atoms with Gasteiger partial charge in [0.1, 0.15) is 18.1 Å². The number of aryl methyl sites for hydroxylation is 2. The average Bonchev–Trinajstić information content (AvgIpc) is 3.52. The Kier molecular flexibility index (Phi) is 14.8. The third-order valence-corrected chi connectivity index (χ3v) is 9.16. The van der Waals surface area contributed by atoms with Gasteiger partial charge in [-0.1, -0.05) is 50.2 Å². The van der Waals surface area contributed by atoms with E-state index < -0.39 is 35.8 Å². The van der Waals surface area contributed by atoms with E-state index >= 15 is 0 Å². The third-order valence-electron chi connectivity index (χ3n) is 8.34. The molecule has 0 saturated heterocycles. The molecule has 2 bridgehead atoms. The molecule has 0 spiro atoms. The summed E-state index contributed by atoms with van der Waals surface area (Å²) in [5.74, 6) is -1.55. The van der Waals surface area contributed by atoms with Crippen molar-refractivity contribution in [3.05, 3.63) is 75.7 Å². The van der Waals surface area contributed by atoms with Crippen molar-refractivity contribution in [1.82, 2.24) is 31.6 Å². The summed E-state index contributed by atoms with van der Waals surface area (Å²) >= 11 is 1.42. The SMILES string of the molecule is COc1ccc2cc1OCC(=O)NCCC[C@H](NC(=O)Cc1csc(C)n1)C(=O)N[C@@H](Cc1ccccc1)C(=O)N[C@H](C(C)C)C(=O)NCCC2. The van der Waals surface area contributed by atoms with Gasteiger partial charge >= 0.3 is 0 Å². The van der Waals surface area contributed by atoms with Crippen LogP contribution in [0.2, 0.25) is 0 Å². The zero-order chi connectivity index (χ0) is 36.8. The first-order valence-electron chi connectivity index (χ1n) is 17.2. The van der Waals surface area contributed by atoms with Crippen LogP contribution in [0.1, 0.15) is 54.9 Å². The smallest absolute Gasteiger partial charge is 0.257 e. The highest BCUT2D eigenvalue weighted by molar-refractivity contribution is 7.09. The Hall–Kier alpha value is -4.98. The molecule has 5 N–H and O–H groups in total. The van der Waals surface area contributed by atoms with Crippen LogP contribution in [0.4, 0.5) is 0 Å². The lowest BCUT2D eigenvalue weighted by Crippen LogP contribution is -2.58. The van der Waals surface area contributed by atoms with Crippen LogP contribution < -0.4 is 36.1 Å². The number of benzene rings is 2. The monoisotopic (exact) mass is 720 g/mol. The second-order valence-corrected chi connectivity index (χ2v) is 13.9. The second kappa shape index (κ2) is 19.4. The fourth-order valence-electron chi connectivity index (χ4n) is 5.62. The number of amides is 5. The number of thiazole rings is 1. The normalized spacial score (nSPS) is 20.0. The number of ether oxygens (including phenoxy) is 2. The molecule has 4 rings (SSSR count). The Morgan fingerprint density at radius 2 is 1.76 bits per heavy atom. The summed E-state index contributed by atoms with van der Waals surface area (Å²) in [6, 6.07) is 11.8. The van der Waals surface area contributed by atoms with Gasteiger partial charge in [0.2, 0.25) is 23.6 Å². The van der Waals surface area contributed by atoms with Crippen LogP contribution in [0.25, 0.3) is 0 Å². The largest absolute Gasteiger partial charge is 0.493 e. The number of carbonyl (C=O) groups excluding carboxylic acids is 5. The van der Waals surface area contributed by atoms with E-state index in [1.165, 1.54) is 18.4 Å². The minimum atomic E-state index is -1.05. The Balaban J connectivity index is 1.58. The second-order valence-electron chi connectivity index (χ2n) is 12.8. The topological polar surface area (TPSA) is 177 Å². The molecular formula is C37H48N6O7S. The maximum Gasteiger partial charge on any atom is 0.257 e. The summed E-state index contributed by atoms with van der Waals surface area (Å²) in [7, 11) is 1.52. The van der Waals surface area contributed by atoms with Gasteiger partial charge in [0, 0.05) is 24.9 Å². The number of carbonyl (C=O) groups is 5. The molecule has 1 aromatic heterocycles. The Labute approximate surface area is 302 Å². The molecule has 3 atom stereocenters. The van der Waals surface area contributed by atoms with Gasteiger partial charge in [-0.15, -0.1) is 11.3 Å². The minimum Gasteiger partial charge on any atom is -0.493 e. The average molecular weight is 721 g/mol. The molecule has 0 unspecified atom stereocenters. The molecule has 0 saturated carbocycles. The number of hydrogen-bond acceptors (Lipinski definition) is 9. The fraction of sp³-hybridized carbons (Fsp3) is 0.459. The molecule has 2 heterocycles. The quantitative estimate of drug-likeness (QED) is 0.247. The summed E-state index contributed by atoms with van der Waals surface area (Å²) in [5, 5.41) is 16.9. The van der Waals surface area contributed by atoms with Crippen LogP contribution in [0, 0.1) is 12.8 Å². The van der Waals surface area contributed by atoms with Crippen LogP contribution >= 0.6 is 11.3 Å². The van der Waals surface area contributed by atoms with E-state index in [2.05, 4.69) is 31.6 Å². The number of hydrogen-bond donors (Lipinski definition) is 5. The molecule has 1 aliphatic heterocycles. The van der Waals surface area contributed by atoms with Gasteiger partial charge < -0.3 is 36.1 Å². The Bertz CT molecular complexity index is 1650. The van der Waals surface area contributed by atoms with Crippen molar-refractivity contribution in [3.8, 4) is 11.5 Å². The van der Waals surface area contributed by atoms with E-state index in [1.807, 2.05) is 63.2 Å². The first-order valence-corrected chi connectivity index (χ1v) is 18.1. The number of rotatable bonds is 7. The number of nitrogens with one attached hydrogen (secondary N) is 5. The third kappa shape index (κ3) is 12.4. The lowest BCUT2D eigenvalue weighted by Gasteiger charge is -2.27. The van der Waals surface area contributed by atoms with Gasteiger partial charge in [-0.05, 0) is 61.8 Å². The molecule has 0 radical (unpaired) electrons. The summed E-state index contributed by atoms with van der Waals surface area (Å²) < 4.78 is 11.2. The van der Waals surface area contributed by atoms with Crippen LogP contribution in [0.3, 0.4) is 0 Å². The van der Waals surface area contributed by atoms with Gasteiger partial charge in [0.05, 0.1) is 24.2 Å². The van der Waals surface area contributed by atoms with Gasteiger partial charge in [-0.25, -0.2) is 4.98 Å². The molecular weight excluding hydrogens is 673 g/mol. The highest BCUT2D eigenvalue weighted by atomic mass is 32.1. The van der Waals surface area contributed by atoms with Crippen LogP contribution in [-0.2, 0) is 43.2 Å². The number of methoxy groups -OCH3 is 1. The molecule has 3 aromatic rings. The van der Waals surface area contributed by atoms with Crippen molar-refractivity contribution in [3.63, 3.8) is 0 Å². The zero-order valence-electron chi connectivity index (χ0n) is 29.6. The molecule has 0 aliphatic carbocycles. The van der Waals surface area contributed by atoms with Gasteiger partial charge in [0.15, 0.2) is 18.1 Å². The molecule has 0 fully saturated rings. The van der Waals surface area contributed by atoms with E-state index in [-0.39, 0.29) is 50.1 Å². The standard InChI is InChI=1S/C37H48N6O7S/c1-23(2)34-37(48)39-17-8-12-26-14-15-30(49-4)31(19-26)50-21-33(45)38-16-9-13-28(41-32(44)20-27-22-51-24(3)40-27)35(46)42-29(36(47)43-34)18-25-10-6-5-7-11-25/h5-7,10-11,14-15,19,22-23,28-29,34H,8-9,12-13,16-18,20-21H2,1-4H3,(H,38,45)(H,39,48)(H,41,44)(H,42,46)(H,43,47)/t28-,29-,34+/m0/s1. The predicted octanol–water partition coefficient (Wildman–Crippen LogP) is 2.39. The van der Waals surface area contributed by atoms with Crippen molar-refractivity contribution in [2.45, 2.75) is 77.4 Å². The lowest BCUT2D eigenvalue weighted by molar-refractivity contribution is -0.134. The van der Waals surface area contributed by atoms with Crippen LogP contribution in [-0.4, -0.2) is 79.5 Å². The number of nitrogens with zero attached hydrogens (tertiary/aromatic N) is 1. The molecule has 51 heavy (non-hydrogen) atoms. The molecule has 2 aromatic carbocycles. The predicted molar refractivity (Wildman–Crippen MR) is 193 cm³/mol. The Morgan fingerprint density at radius 3 is 2.47 bits per heavy atom. The van der Waals surface area contributed by atoms with E-state index in [9.17, 15) is 24.0 Å². The molecule has 5 amide bonds. The highest BCUT2D eigenvalue weighted by Gasteiger charge is 2.31. The summed E-state index contributed by atoms with van der Waals surface area (Å²) in [6.45, 7) is 5.84. The lowest BCUT2D eigenvalue weighted by atomic mass is 10.00. The zero-order valence-corrected chi connectivity index (χ0v) is 30.4. The number of aromatic nitrogens is 1.